The molecule has 3 heterocycles. The average molecular weight is 446 g/mol. The van der Waals surface area contributed by atoms with Gasteiger partial charge in [0.05, 0.1) is 43.8 Å². The molecule has 12 heteroatoms. The van der Waals surface area contributed by atoms with Crippen molar-refractivity contribution in [1.29, 1.82) is 0 Å². The molecule has 1 aliphatic heterocycles. The van der Waals surface area contributed by atoms with Gasteiger partial charge in [0.25, 0.3) is 12.0 Å². The number of rotatable bonds is 9. The van der Waals surface area contributed by atoms with Gasteiger partial charge in [0, 0.05) is 25.0 Å². The quantitative estimate of drug-likeness (QED) is 0.456. The highest BCUT2D eigenvalue weighted by Gasteiger charge is 2.42. The Kier molecular flexibility index (Phi) is 6.70. The normalized spacial score (nSPS) is 18.8. The number of nitrogens with one attached hydrogen (secondary N) is 1. The fourth-order valence-corrected chi connectivity index (χ4v) is 3.58. The number of aromatic nitrogens is 3. The molecular weight excluding hydrogens is 420 g/mol. The third-order valence-electron chi connectivity index (χ3n) is 5.26. The molecule has 1 aliphatic rings. The summed E-state index contributed by atoms with van der Waals surface area (Å²) in [5, 5.41) is 6.47. The Balaban J connectivity index is 1.80. The standard InChI is InChI=1S/C19H26F4N6O2/c1-12(4-3-5-19(22,23)24)14-8-29-16(27-14)6-13(7-26-29)15(9-31-2)28-11-18(20,21)10-25-17(28)30/h6-8,12,15H,3-5,9-11,24H2,1-2H3,(H,25,30)/t12-,15-/m1/s1. The number of hydrogen-bond donors (Lipinski definition) is 2. The molecule has 1 saturated heterocycles. The number of alkyl halides is 4. The molecule has 3 rings (SSSR count). The summed E-state index contributed by atoms with van der Waals surface area (Å²) in [6.07, 6.45) is 3.47. The molecule has 172 valence electrons. The van der Waals surface area contributed by atoms with E-state index in [4.69, 9.17) is 10.5 Å². The van der Waals surface area contributed by atoms with Crippen molar-refractivity contribution in [2.75, 3.05) is 26.8 Å². The van der Waals surface area contributed by atoms with Crippen molar-refractivity contribution in [2.24, 2.45) is 5.73 Å². The number of carbonyl (C=O) groups excluding carboxylic acids is 1. The number of carbonyl (C=O) groups is 1. The second kappa shape index (κ2) is 8.95. The second-order valence-corrected chi connectivity index (χ2v) is 7.93. The van der Waals surface area contributed by atoms with Gasteiger partial charge < -0.3 is 15.0 Å². The summed E-state index contributed by atoms with van der Waals surface area (Å²) in [4.78, 5) is 17.7. The minimum absolute atomic E-state index is 0.00137. The lowest BCUT2D eigenvalue weighted by Gasteiger charge is -2.38. The van der Waals surface area contributed by atoms with E-state index in [1.54, 1.807) is 12.3 Å². The van der Waals surface area contributed by atoms with Crippen LogP contribution in [-0.2, 0) is 4.74 Å². The lowest BCUT2D eigenvalue weighted by molar-refractivity contribution is -0.0509. The number of methoxy groups -OCH3 is 1. The molecule has 8 nitrogen and oxygen atoms in total. The van der Waals surface area contributed by atoms with Crippen LogP contribution in [0.25, 0.3) is 5.65 Å². The molecule has 0 bridgehead atoms. The number of imidazole rings is 1. The first kappa shape index (κ1) is 23.2. The monoisotopic (exact) mass is 446 g/mol. The zero-order chi connectivity index (χ0) is 22.8. The number of nitrogens with two attached hydrogens (primary N) is 1. The zero-order valence-electron chi connectivity index (χ0n) is 17.3. The van der Waals surface area contributed by atoms with Crippen molar-refractivity contribution in [1.82, 2.24) is 24.8 Å². The van der Waals surface area contributed by atoms with Gasteiger partial charge in [-0.15, -0.1) is 0 Å². The van der Waals surface area contributed by atoms with Crippen molar-refractivity contribution < 1.29 is 27.1 Å². The van der Waals surface area contributed by atoms with Gasteiger partial charge in [-0.3, -0.25) is 5.73 Å². The molecule has 0 saturated carbocycles. The van der Waals surface area contributed by atoms with Crippen LogP contribution in [0.4, 0.5) is 22.4 Å². The minimum atomic E-state index is -3.19. The van der Waals surface area contributed by atoms with E-state index in [1.165, 1.54) is 17.8 Å². The third-order valence-corrected chi connectivity index (χ3v) is 5.26. The predicted octanol–water partition coefficient (Wildman–Crippen LogP) is 2.90. The molecule has 2 aromatic rings. The van der Waals surface area contributed by atoms with Gasteiger partial charge in [0.15, 0.2) is 5.65 Å². The Morgan fingerprint density at radius 1 is 1.42 bits per heavy atom. The lowest BCUT2D eigenvalue weighted by atomic mass is 10.0. The maximum absolute atomic E-state index is 13.9. The SMILES string of the molecule is COC[C@H](c1cnn2cc([C@H](C)CCCC(N)(F)F)nc2c1)N1CC(F)(F)CNC1=O. The van der Waals surface area contributed by atoms with Crippen molar-refractivity contribution in [3.63, 3.8) is 0 Å². The van der Waals surface area contributed by atoms with Crippen molar-refractivity contribution in [3.05, 3.63) is 29.7 Å². The van der Waals surface area contributed by atoms with Crippen LogP contribution in [-0.4, -0.2) is 64.3 Å². The summed E-state index contributed by atoms with van der Waals surface area (Å²) in [5.74, 6) is -3.16. The Morgan fingerprint density at radius 3 is 2.84 bits per heavy atom. The van der Waals surface area contributed by atoms with Gasteiger partial charge in [0.2, 0.25) is 0 Å². The highest BCUT2D eigenvalue weighted by molar-refractivity contribution is 5.76. The molecule has 1 fully saturated rings. The van der Waals surface area contributed by atoms with Crippen LogP contribution in [0.2, 0.25) is 0 Å². The molecule has 0 spiro atoms. The van der Waals surface area contributed by atoms with Crippen LogP contribution in [0.3, 0.4) is 0 Å². The van der Waals surface area contributed by atoms with E-state index in [0.29, 0.717) is 23.3 Å². The van der Waals surface area contributed by atoms with Crippen LogP contribution in [0.5, 0.6) is 0 Å². The first-order chi connectivity index (χ1) is 14.5. The first-order valence-electron chi connectivity index (χ1n) is 9.92. The number of amides is 2. The minimum Gasteiger partial charge on any atom is -0.382 e. The molecule has 31 heavy (non-hydrogen) atoms. The Hall–Kier alpha value is -2.47. The highest BCUT2D eigenvalue weighted by atomic mass is 19.3. The number of fused-ring (bicyclic) bond motifs is 1. The van der Waals surface area contributed by atoms with E-state index >= 15 is 0 Å². The van der Waals surface area contributed by atoms with Gasteiger partial charge in [-0.1, -0.05) is 6.92 Å². The largest absolute Gasteiger partial charge is 0.382 e. The molecule has 0 aliphatic carbocycles. The van der Waals surface area contributed by atoms with E-state index in [9.17, 15) is 22.4 Å². The fraction of sp³-hybridized carbons (Fsp3) is 0.632. The number of ether oxygens (including phenoxy) is 1. The number of hydrogen-bond acceptors (Lipinski definition) is 5. The molecule has 0 aromatic carbocycles. The highest BCUT2D eigenvalue weighted by Crippen LogP contribution is 2.29. The van der Waals surface area contributed by atoms with Crippen molar-refractivity contribution in [3.8, 4) is 0 Å². The average Bonchev–Trinajstić information content (AvgIpc) is 3.10. The van der Waals surface area contributed by atoms with E-state index in [-0.39, 0.29) is 18.9 Å². The van der Waals surface area contributed by atoms with Gasteiger partial charge in [-0.2, -0.15) is 13.9 Å². The van der Waals surface area contributed by atoms with Crippen LogP contribution in [0.1, 0.15) is 49.4 Å². The van der Waals surface area contributed by atoms with Crippen molar-refractivity contribution in [2.45, 2.75) is 50.1 Å². The summed E-state index contributed by atoms with van der Waals surface area (Å²) < 4.78 is 60.1. The number of urea groups is 1. The fourth-order valence-electron chi connectivity index (χ4n) is 3.58. The smallest absolute Gasteiger partial charge is 0.318 e. The molecule has 2 aromatic heterocycles. The topological polar surface area (TPSA) is 97.8 Å². The first-order valence-corrected chi connectivity index (χ1v) is 9.92. The molecule has 2 amide bonds. The van der Waals surface area contributed by atoms with Gasteiger partial charge in [-0.05, 0) is 18.9 Å². The maximum Gasteiger partial charge on any atom is 0.318 e. The van der Waals surface area contributed by atoms with Gasteiger partial charge in [-0.25, -0.2) is 23.1 Å². The maximum atomic E-state index is 13.9. The second-order valence-electron chi connectivity index (χ2n) is 7.93. The summed E-state index contributed by atoms with van der Waals surface area (Å²) in [5.41, 5.74) is 6.34. The van der Waals surface area contributed by atoms with E-state index in [2.05, 4.69) is 15.4 Å². The Labute approximate surface area is 176 Å². The number of nitrogens with zero attached hydrogens (tertiary/aromatic N) is 4. The van der Waals surface area contributed by atoms with E-state index in [0.717, 1.165) is 4.90 Å². The van der Waals surface area contributed by atoms with E-state index in [1.807, 2.05) is 6.92 Å². The summed E-state index contributed by atoms with van der Waals surface area (Å²) >= 11 is 0. The van der Waals surface area contributed by atoms with Crippen LogP contribution in [0.15, 0.2) is 18.5 Å². The summed E-state index contributed by atoms with van der Waals surface area (Å²) in [6, 6.07) is -2.93. The van der Waals surface area contributed by atoms with Gasteiger partial charge >= 0.3 is 6.03 Å². The lowest BCUT2D eigenvalue weighted by Crippen LogP contribution is -2.58. The molecule has 0 unspecified atom stereocenters. The van der Waals surface area contributed by atoms with Crippen LogP contribution in [0, 0.1) is 0 Å². The molecule has 0 radical (unpaired) electrons. The van der Waals surface area contributed by atoms with Gasteiger partial charge in [0.1, 0.15) is 0 Å². The van der Waals surface area contributed by atoms with E-state index < -0.39 is 43.6 Å². The molecule has 3 N–H and O–H groups in total. The Bertz CT molecular complexity index is 916. The van der Waals surface area contributed by atoms with Crippen molar-refractivity contribution >= 4 is 11.7 Å². The summed E-state index contributed by atoms with van der Waals surface area (Å²) in [7, 11) is 1.42. The predicted molar refractivity (Wildman–Crippen MR) is 104 cm³/mol. The van der Waals surface area contributed by atoms with Crippen LogP contribution >= 0.6 is 0 Å². The zero-order valence-corrected chi connectivity index (χ0v) is 17.3. The molecule has 2 atom stereocenters. The Morgan fingerprint density at radius 2 is 2.16 bits per heavy atom. The summed E-state index contributed by atoms with van der Waals surface area (Å²) in [6.45, 7) is 0.418. The number of halogens is 4. The third kappa shape index (κ3) is 5.82. The molecular formula is C19H26F4N6O2. The van der Waals surface area contributed by atoms with Crippen LogP contribution < -0.4 is 11.1 Å².